The maximum Gasteiger partial charge on any atom is 0.305 e. The number of amides is 1. The average molecular weight is 1010 g/mol. The summed E-state index contributed by atoms with van der Waals surface area (Å²) in [6.07, 6.45) is 77.6. The number of rotatable bonds is 60. The lowest BCUT2D eigenvalue weighted by molar-refractivity contribution is -0.143. The van der Waals surface area contributed by atoms with Crippen LogP contribution in [0.1, 0.15) is 348 Å². The van der Waals surface area contributed by atoms with Gasteiger partial charge in [0.2, 0.25) is 5.91 Å². The maximum absolute atomic E-state index is 12.5. The molecule has 0 aromatic rings. The van der Waals surface area contributed by atoms with E-state index in [1.54, 1.807) is 6.08 Å². The smallest absolute Gasteiger partial charge is 0.305 e. The van der Waals surface area contributed by atoms with Crippen molar-refractivity contribution >= 4 is 11.9 Å². The van der Waals surface area contributed by atoms with Crippen LogP contribution in [-0.4, -0.2) is 47.4 Å². The molecule has 2 unspecified atom stereocenters. The van der Waals surface area contributed by atoms with Gasteiger partial charge in [0.1, 0.15) is 0 Å². The van der Waals surface area contributed by atoms with E-state index in [9.17, 15) is 19.8 Å². The molecule has 0 rings (SSSR count). The largest absolute Gasteiger partial charge is 0.466 e. The number of ether oxygens (including phenoxy) is 1. The van der Waals surface area contributed by atoms with Crippen LogP contribution in [0.3, 0.4) is 0 Å². The van der Waals surface area contributed by atoms with Crippen molar-refractivity contribution in [1.29, 1.82) is 0 Å². The van der Waals surface area contributed by atoms with Gasteiger partial charge in [0.05, 0.1) is 25.4 Å². The van der Waals surface area contributed by atoms with Crippen molar-refractivity contribution in [2.24, 2.45) is 0 Å². The van der Waals surface area contributed by atoms with Crippen LogP contribution in [-0.2, 0) is 14.3 Å². The molecule has 2 atom stereocenters. The number of allylic oxidation sites excluding steroid dienone is 5. The van der Waals surface area contributed by atoms with E-state index in [1.165, 1.54) is 276 Å². The molecule has 0 saturated heterocycles. The molecule has 0 aliphatic carbocycles. The predicted octanol–water partition coefficient (Wildman–Crippen LogP) is 20.4. The first-order valence-corrected chi connectivity index (χ1v) is 32.3. The molecule has 0 bridgehead atoms. The van der Waals surface area contributed by atoms with Crippen molar-refractivity contribution in [3.63, 3.8) is 0 Å². The molecule has 0 aliphatic rings. The van der Waals surface area contributed by atoms with Gasteiger partial charge >= 0.3 is 5.97 Å². The van der Waals surface area contributed by atoms with Gasteiger partial charge < -0.3 is 20.3 Å². The molecule has 6 heteroatoms. The van der Waals surface area contributed by atoms with Crippen LogP contribution in [0.2, 0.25) is 0 Å². The third kappa shape index (κ3) is 57.4. The average Bonchev–Trinajstić information content (AvgIpc) is 3.38. The summed E-state index contributed by atoms with van der Waals surface area (Å²) < 4.78 is 5.48. The number of aliphatic hydroxyl groups excluding tert-OH is 2. The van der Waals surface area contributed by atoms with Gasteiger partial charge in [-0.25, -0.2) is 0 Å². The zero-order valence-corrected chi connectivity index (χ0v) is 48.4. The number of carbonyl (C=O) groups is 2. The quantitative estimate of drug-likeness (QED) is 0.0320. The minimum atomic E-state index is -0.847. The lowest BCUT2D eigenvalue weighted by atomic mass is 10.0. The highest BCUT2D eigenvalue weighted by atomic mass is 16.5. The van der Waals surface area contributed by atoms with Crippen molar-refractivity contribution in [3.05, 3.63) is 36.5 Å². The normalized spacial score (nSPS) is 12.8. The van der Waals surface area contributed by atoms with Crippen LogP contribution in [0.4, 0.5) is 0 Å². The summed E-state index contributed by atoms with van der Waals surface area (Å²) in [4.78, 5) is 24.5. The molecular formula is C66H125NO5. The summed E-state index contributed by atoms with van der Waals surface area (Å²) in [7, 11) is 0. The highest BCUT2D eigenvalue weighted by Gasteiger charge is 2.18. The first-order valence-electron chi connectivity index (χ1n) is 32.3. The first-order chi connectivity index (χ1) is 35.5. The summed E-state index contributed by atoms with van der Waals surface area (Å²) in [5, 5.41) is 23.1. The minimum Gasteiger partial charge on any atom is -0.466 e. The Balaban J connectivity index is 3.42. The number of carbonyl (C=O) groups excluding carboxylic acids is 2. The van der Waals surface area contributed by atoms with Crippen LogP contribution in [0, 0.1) is 0 Å². The lowest BCUT2D eigenvalue weighted by Crippen LogP contribution is -2.45. The van der Waals surface area contributed by atoms with Gasteiger partial charge in [-0.2, -0.15) is 0 Å². The lowest BCUT2D eigenvalue weighted by Gasteiger charge is -2.20. The Morgan fingerprint density at radius 1 is 0.375 bits per heavy atom. The van der Waals surface area contributed by atoms with Crippen LogP contribution < -0.4 is 5.32 Å². The van der Waals surface area contributed by atoms with Crippen LogP contribution >= 0.6 is 0 Å². The molecule has 424 valence electrons. The number of nitrogens with one attached hydrogen (secondary N) is 1. The van der Waals surface area contributed by atoms with Gasteiger partial charge in [-0.1, -0.05) is 288 Å². The Morgan fingerprint density at radius 2 is 0.653 bits per heavy atom. The van der Waals surface area contributed by atoms with Crippen molar-refractivity contribution < 1.29 is 24.5 Å². The van der Waals surface area contributed by atoms with E-state index in [4.69, 9.17) is 4.74 Å². The second-order valence-corrected chi connectivity index (χ2v) is 22.1. The highest BCUT2D eigenvalue weighted by Crippen LogP contribution is 2.17. The van der Waals surface area contributed by atoms with Crippen LogP contribution in [0.15, 0.2) is 36.5 Å². The number of aliphatic hydroxyl groups is 2. The fourth-order valence-corrected chi connectivity index (χ4v) is 9.92. The van der Waals surface area contributed by atoms with E-state index in [2.05, 4.69) is 43.5 Å². The molecule has 0 aromatic carbocycles. The summed E-state index contributed by atoms with van der Waals surface area (Å²) in [6.45, 7) is 4.91. The molecule has 0 spiro atoms. The SMILES string of the molecule is CCCCCCCC/C=C\CCCCCCCC(=O)OCCCCCCCCCCCCCC/C=C\CCCCCCCCCCC(=O)NC(CO)C(O)/C=C/CCCCCCCCCCCCCCCC. The summed E-state index contributed by atoms with van der Waals surface area (Å²) >= 11 is 0. The molecule has 0 saturated carbocycles. The van der Waals surface area contributed by atoms with E-state index in [0.717, 1.165) is 44.9 Å². The van der Waals surface area contributed by atoms with Crippen molar-refractivity contribution in [2.45, 2.75) is 360 Å². The number of esters is 1. The van der Waals surface area contributed by atoms with Crippen LogP contribution in [0.5, 0.6) is 0 Å². The Kier molecular flexibility index (Phi) is 60.0. The van der Waals surface area contributed by atoms with Gasteiger partial charge in [-0.15, -0.1) is 0 Å². The van der Waals surface area contributed by atoms with E-state index in [0.29, 0.717) is 19.4 Å². The van der Waals surface area contributed by atoms with Crippen molar-refractivity contribution in [2.75, 3.05) is 13.2 Å². The summed E-state index contributed by atoms with van der Waals surface area (Å²) in [5.41, 5.74) is 0. The second kappa shape index (κ2) is 61.6. The fraction of sp³-hybridized carbons (Fsp3) is 0.879. The molecular weight excluding hydrogens is 887 g/mol. The molecule has 1 amide bonds. The van der Waals surface area contributed by atoms with Gasteiger partial charge in [-0.3, -0.25) is 9.59 Å². The zero-order chi connectivity index (χ0) is 52.2. The highest BCUT2D eigenvalue weighted by molar-refractivity contribution is 5.76. The second-order valence-electron chi connectivity index (χ2n) is 22.1. The monoisotopic (exact) mass is 1010 g/mol. The third-order valence-corrected chi connectivity index (χ3v) is 14.9. The predicted molar refractivity (Wildman–Crippen MR) is 315 cm³/mol. The maximum atomic E-state index is 12.5. The number of hydrogen-bond acceptors (Lipinski definition) is 5. The molecule has 3 N–H and O–H groups in total. The third-order valence-electron chi connectivity index (χ3n) is 14.9. The van der Waals surface area contributed by atoms with Gasteiger partial charge in [-0.05, 0) is 83.5 Å². The van der Waals surface area contributed by atoms with E-state index in [-0.39, 0.29) is 18.5 Å². The zero-order valence-electron chi connectivity index (χ0n) is 48.4. The standard InChI is InChI=1S/C66H125NO5/c1-3-5-7-9-11-13-15-17-19-31-34-38-42-46-50-54-58-64(69)63(62-68)67-65(70)59-55-51-47-43-39-35-32-28-26-24-22-20-21-23-25-27-29-33-37-41-45-49-53-57-61-72-66(71)60-56-52-48-44-40-36-30-18-16-14-12-10-8-6-4-2/h18,22,24,30,54,58,63-64,68-69H,3-17,19-21,23,25-29,31-53,55-57,59-62H2,1-2H3,(H,67,70)/b24-22-,30-18-,58-54+. The van der Waals surface area contributed by atoms with Crippen molar-refractivity contribution in [1.82, 2.24) is 5.32 Å². The Labute approximate surface area is 449 Å². The van der Waals surface area contributed by atoms with Gasteiger partial charge in [0, 0.05) is 12.8 Å². The number of hydrogen-bond donors (Lipinski definition) is 3. The minimum absolute atomic E-state index is 0.00423. The molecule has 0 aromatic heterocycles. The number of unbranched alkanes of at least 4 members (excludes halogenated alkanes) is 45. The Morgan fingerprint density at radius 3 is 0.986 bits per heavy atom. The molecule has 0 heterocycles. The summed E-state index contributed by atoms with van der Waals surface area (Å²) in [5.74, 6) is -0.0667. The Bertz CT molecular complexity index is 1170. The fourth-order valence-electron chi connectivity index (χ4n) is 9.92. The topological polar surface area (TPSA) is 95.9 Å². The molecule has 6 nitrogen and oxygen atoms in total. The Hall–Kier alpha value is -1.92. The van der Waals surface area contributed by atoms with Crippen LogP contribution in [0.25, 0.3) is 0 Å². The molecule has 0 radical (unpaired) electrons. The molecule has 0 aliphatic heterocycles. The van der Waals surface area contributed by atoms with Crippen molar-refractivity contribution in [3.8, 4) is 0 Å². The molecule has 0 fully saturated rings. The van der Waals surface area contributed by atoms with E-state index < -0.39 is 12.1 Å². The molecule has 72 heavy (non-hydrogen) atoms. The summed E-state index contributed by atoms with van der Waals surface area (Å²) in [6, 6.07) is -0.631. The first kappa shape index (κ1) is 70.1. The van der Waals surface area contributed by atoms with E-state index in [1.807, 2.05) is 6.08 Å². The van der Waals surface area contributed by atoms with Gasteiger partial charge in [0.25, 0.3) is 0 Å². The van der Waals surface area contributed by atoms with E-state index >= 15 is 0 Å². The van der Waals surface area contributed by atoms with Gasteiger partial charge in [0.15, 0.2) is 0 Å².